The molecule has 1 aliphatic rings. The first-order valence-corrected chi connectivity index (χ1v) is 11.1. The second kappa shape index (κ2) is 12.0. The van der Waals surface area contributed by atoms with E-state index in [4.69, 9.17) is 9.47 Å². The molecule has 0 bridgehead atoms. The van der Waals surface area contributed by atoms with Gasteiger partial charge in [-0.05, 0) is 24.3 Å². The summed E-state index contributed by atoms with van der Waals surface area (Å²) in [5.74, 6) is 1.16. The molecule has 1 aliphatic heterocycles. The Hall–Kier alpha value is -3.59. The highest BCUT2D eigenvalue weighted by Gasteiger charge is 2.27. The number of anilines is 1. The molecule has 0 radical (unpaired) electrons. The quantitative estimate of drug-likeness (QED) is 0.282. The number of aromatic nitrogens is 3. The molecule has 0 aliphatic carbocycles. The van der Waals surface area contributed by atoms with Gasteiger partial charge < -0.3 is 19.2 Å². The molecule has 0 amide bonds. The van der Waals surface area contributed by atoms with E-state index in [1.54, 1.807) is 42.1 Å². The number of nitrogens with zero attached hydrogens (tertiary/aromatic N) is 4. The SMILES string of the molecule is CCC(=O)c1cc2n(n1)CCOC2c1ccccc1F.CN(C)c1ncccc1OCCC=O. The van der Waals surface area contributed by atoms with Crippen molar-refractivity contribution in [3.63, 3.8) is 0 Å². The monoisotopic (exact) mass is 468 g/mol. The number of Topliss-reactive ketones (excluding diaryl/α,β-unsaturated/α-hetero) is 1. The number of halogens is 1. The molecule has 0 fully saturated rings. The average molecular weight is 469 g/mol. The van der Waals surface area contributed by atoms with Gasteiger partial charge in [-0.15, -0.1) is 0 Å². The van der Waals surface area contributed by atoms with Gasteiger partial charge in [0.05, 0.1) is 25.5 Å². The minimum absolute atomic E-state index is 0.0146. The molecule has 3 heterocycles. The first-order valence-electron chi connectivity index (χ1n) is 11.1. The lowest BCUT2D eigenvalue weighted by molar-refractivity contribution is -0.108. The lowest BCUT2D eigenvalue weighted by atomic mass is 10.0. The van der Waals surface area contributed by atoms with Crippen LogP contribution in [0.25, 0.3) is 0 Å². The fourth-order valence-corrected chi connectivity index (χ4v) is 3.47. The molecule has 2 aromatic heterocycles. The van der Waals surface area contributed by atoms with E-state index in [1.807, 2.05) is 31.1 Å². The van der Waals surface area contributed by atoms with Gasteiger partial charge in [0.2, 0.25) is 0 Å². The first kappa shape index (κ1) is 25.0. The molecule has 0 saturated heterocycles. The molecule has 1 atom stereocenters. The van der Waals surface area contributed by atoms with Gasteiger partial charge in [0.1, 0.15) is 23.9 Å². The van der Waals surface area contributed by atoms with E-state index in [9.17, 15) is 14.0 Å². The predicted octanol–water partition coefficient (Wildman–Crippen LogP) is 3.85. The van der Waals surface area contributed by atoms with Crippen LogP contribution in [0.1, 0.15) is 47.6 Å². The fourth-order valence-electron chi connectivity index (χ4n) is 3.47. The zero-order chi connectivity index (χ0) is 24.5. The van der Waals surface area contributed by atoms with Crippen LogP contribution in [0, 0.1) is 5.82 Å². The molecule has 1 aromatic carbocycles. The number of hydrogen-bond acceptors (Lipinski definition) is 7. The standard InChI is InChI=1S/C15H15FN2O2.C10H14N2O2/c1-2-14(19)12-9-13-15(20-8-7-18(13)17-12)10-5-3-4-6-11(10)16;1-12(2)10-9(5-3-6-11-10)14-8-4-7-13/h3-6,9,15H,2,7-8H2,1H3;3,5-7H,4,8H2,1-2H3. The summed E-state index contributed by atoms with van der Waals surface area (Å²) in [5, 5.41) is 4.29. The van der Waals surface area contributed by atoms with Gasteiger partial charge >= 0.3 is 0 Å². The second-order valence-corrected chi connectivity index (χ2v) is 7.75. The summed E-state index contributed by atoms with van der Waals surface area (Å²) in [6.45, 7) is 3.23. The second-order valence-electron chi connectivity index (χ2n) is 7.75. The third-order valence-electron chi connectivity index (χ3n) is 5.13. The highest BCUT2D eigenvalue weighted by molar-refractivity contribution is 5.94. The molecular formula is C25H29FN4O4. The molecule has 3 aromatic rings. The molecule has 34 heavy (non-hydrogen) atoms. The topological polar surface area (TPSA) is 86.6 Å². The highest BCUT2D eigenvalue weighted by Crippen LogP contribution is 2.31. The maximum absolute atomic E-state index is 13.9. The number of benzene rings is 1. The van der Waals surface area contributed by atoms with Crippen molar-refractivity contribution in [2.24, 2.45) is 0 Å². The fraction of sp³-hybridized carbons (Fsp3) is 0.360. The number of hydrogen-bond donors (Lipinski definition) is 0. The molecule has 4 rings (SSSR count). The van der Waals surface area contributed by atoms with Crippen LogP contribution >= 0.6 is 0 Å². The number of fused-ring (bicyclic) bond motifs is 1. The summed E-state index contributed by atoms with van der Waals surface area (Å²) >= 11 is 0. The van der Waals surface area contributed by atoms with E-state index < -0.39 is 6.10 Å². The summed E-state index contributed by atoms with van der Waals surface area (Å²) in [4.78, 5) is 27.9. The van der Waals surface area contributed by atoms with Crippen molar-refractivity contribution in [2.75, 3.05) is 32.2 Å². The minimum atomic E-state index is -0.504. The van der Waals surface area contributed by atoms with Gasteiger partial charge in [0.25, 0.3) is 0 Å². The molecule has 1 unspecified atom stereocenters. The normalized spacial score (nSPS) is 14.4. The molecule has 8 nitrogen and oxygen atoms in total. The zero-order valence-electron chi connectivity index (χ0n) is 19.6. The Morgan fingerprint density at radius 1 is 1.29 bits per heavy atom. The van der Waals surface area contributed by atoms with E-state index in [2.05, 4.69) is 10.1 Å². The molecule has 180 valence electrons. The van der Waals surface area contributed by atoms with E-state index >= 15 is 0 Å². The number of aldehydes is 1. The van der Waals surface area contributed by atoms with E-state index in [0.717, 1.165) is 17.8 Å². The van der Waals surface area contributed by atoms with Crippen LogP contribution in [0.15, 0.2) is 48.7 Å². The van der Waals surface area contributed by atoms with Gasteiger partial charge in [-0.2, -0.15) is 5.10 Å². The predicted molar refractivity (Wildman–Crippen MR) is 126 cm³/mol. The van der Waals surface area contributed by atoms with Gasteiger partial charge in [-0.25, -0.2) is 9.37 Å². The Bertz CT molecular complexity index is 1120. The number of carbonyl (C=O) groups is 2. The maximum Gasteiger partial charge on any atom is 0.182 e. The van der Waals surface area contributed by atoms with Crippen molar-refractivity contribution in [3.05, 3.63) is 71.4 Å². The van der Waals surface area contributed by atoms with Crippen molar-refractivity contribution in [1.82, 2.24) is 14.8 Å². The Balaban J connectivity index is 0.000000204. The Labute approximate surface area is 198 Å². The van der Waals surface area contributed by atoms with Gasteiger partial charge in [0, 0.05) is 38.7 Å². The third-order valence-corrected chi connectivity index (χ3v) is 5.13. The van der Waals surface area contributed by atoms with Crippen LogP contribution in [0.2, 0.25) is 0 Å². The van der Waals surface area contributed by atoms with Crippen molar-refractivity contribution in [3.8, 4) is 5.75 Å². The van der Waals surface area contributed by atoms with Crippen LogP contribution in [-0.2, 0) is 16.1 Å². The van der Waals surface area contributed by atoms with Gasteiger partial charge in [-0.1, -0.05) is 25.1 Å². The molecule has 0 spiro atoms. The summed E-state index contributed by atoms with van der Waals surface area (Å²) in [6, 6.07) is 11.9. The van der Waals surface area contributed by atoms with E-state index in [-0.39, 0.29) is 11.6 Å². The number of carbonyl (C=O) groups excluding carboxylic acids is 2. The molecular weight excluding hydrogens is 439 g/mol. The molecule has 0 saturated carbocycles. The Morgan fingerprint density at radius 2 is 2.09 bits per heavy atom. The average Bonchev–Trinajstić information content (AvgIpc) is 3.29. The van der Waals surface area contributed by atoms with E-state index in [0.29, 0.717) is 49.6 Å². The highest BCUT2D eigenvalue weighted by atomic mass is 19.1. The van der Waals surface area contributed by atoms with Crippen molar-refractivity contribution in [1.29, 1.82) is 0 Å². The lowest BCUT2D eigenvalue weighted by Gasteiger charge is -2.24. The summed E-state index contributed by atoms with van der Waals surface area (Å²) in [6.07, 6.45) is 2.85. The molecule has 0 N–H and O–H groups in total. The lowest BCUT2D eigenvalue weighted by Crippen LogP contribution is -2.23. The van der Waals surface area contributed by atoms with Gasteiger partial charge in [-0.3, -0.25) is 9.48 Å². The summed E-state index contributed by atoms with van der Waals surface area (Å²) < 4.78 is 26.8. The molecule has 9 heteroatoms. The van der Waals surface area contributed by atoms with Crippen LogP contribution in [0.3, 0.4) is 0 Å². The number of ketones is 1. The summed E-state index contributed by atoms with van der Waals surface area (Å²) in [7, 11) is 3.80. The minimum Gasteiger partial charge on any atom is -0.489 e. The van der Waals surface area contributed by atoms with Crippen molar-refractivity contribution >= 4 is 17.9 Å². The van der Waals surface area contributed by atoms with Crippen LogP contribution in [0.5, 0.6) is 5.75 Å². The van der Waals surface area contributed by atoms with Crippen LogP contribution < -0.4 is 9.64 Å². The zero-order valence-corrected chi connectivity index (χ0v) is 19.6. The smallest absolute Gasteiger partial charge is 0.182 e. The number of pyridine rings is 1. The number of ether oxygens (including phenoxy) is 2. The third kappa shape index (κ3) is 6.05. The van der Waals surface area contributed by atoms with Crippen LogP contribution in [-0.4, -0.2) is 54.1 Å². The Kier molecular flexibility index (Phi) is 8.86. The van der Waals surface area contributed by atoms with Gasteiger partial charge in [0.15, 0.2) is 17.4 Å². The van der Waals surface area contributed by atoms with Crippen molar-refractivity contribution < 1.29 is 23.5 Å². The maximum atomic E-state index is 13.9. The van der Waals surface area contributed by atoms with Crippen LogP contribution in [0.4, 0.5) is 10.2 Å². The van der Waals surface area contributed by atoms with E-state index in [1.165, 1.54) is 6.07 Å². The van der Waals surface area contributed by atoms with Crippen molar-refractivity contribution in [2.45, 2.75) is 32.4 Å². The largest absolute Gasteiger partial charge is 0.489 e. The number of rotatable bonds is 8. The summed E-state index contributed by atoms with van der Waals surface area (Å²) in [5.41, 5.74) is 1.64. The first-order chi connectivity index (χ1) is 16.5. The Morgan fingerprint density at radius 3 is 2.79 bits per heavy atom.